The number of imidazole rings is 1. The van der Waals surface area contributed by atoms with Gasteiger partial charge in [-0.3, -0.25) is 9.40 Å². The fourth-order valence-electron chi connectivity index (χ4n) is 2.82. The highest BCUT2D eigenvalue weighted by Crippen LogP contribution is 2.34. The summed E-state index contributed by atoms with van der Waals surface area (Å²) in [6, 6.07) is 0. The second-order valence-corrected chi connectivity index (χ2v) is 6.01. The number of ether oxygens (including phenoxy) is 2. The largest absolute Gasteiger partial charge is 0.394 e. The Labute approximate surface area is 149 Å². The van der Waals surface area contributed by atoms with Crippen molar-refractivity contribution in [1.82, 2.24) is 24.6 Å². The van der Waals surface area contributed by atoms with E-state index < -0.39 is 24.5 Å². The predicted molar refractivity (Wildman–Crippen MR) is 90.5 cm³/mol. The van der Waals surface area contributed by atoms with Crippen LogP contribution in [0.2, 0.25) is 0 Å². The molecule has 26 heavy (non-hydrogen) atoms. The number of nitrogen functional groups attached to an aromatic ring is 2. The maximum Gasteiger partial charge on any atom is 0.224 e. The van der Waals surface area contributed by atoms with E-state index in [-0.39, 0.29) is 25.0 Å². The van der Waals surface area contributed by atoms with Gasteiger partial charge in [-0.25, -0.2) is 4.98 Å². The fraction of sp³-hybridized carbons (Fsp3) is 0.643. The number of hydroxylamine groups is 2. The lowest BCUT2D eigenvalue weighted by molar-refractivity contribution is -0.150. The van der Waals surface area contributed by atoms with Gasteiger partial charge in [-0.2, -0.15) is 15.0 Å². The maximum absolute atomic E-state index is 10.4. The highest BCUT2D eigenvalue weighted by Gasteiger charge is 2.45. The Balaban J connectivity index is 1.86. The quantitative estimate of drug-likeness (QED) is 0.318. The summed E-state index contributed by atoms with van der Waals surface area (Å²) >= 11 is 0. The zero-order chi connectivity index (χ0) is 18.8. The molecule has 0 spiro atoms. The summed E-state index contributed by atoms with van der Waals surface area (Å²) in [4.78, 5) is 17.5. The third kappa shape index (κ3) is 3.56. The molecule has 1 fully saturated rings. The van der Waals surface area contributed by atoms with Crippen molar-refractivity contribution in [2.45, 2.75) is 24.5 Å². The molecule has 0 amide bonds. The summed E-state index contributed by atoms with van der Waals surface area (Å²) < 4.78 is 13.1. The van der Waals surface area contributed by atoms with Crippen LogP contribution in [0, 0.1) is 0 Å². The summed E-state index contributed by atoms with van der Waals surface area (Å²) in [5, 5.41) is 21.4. The van der Waals surface area contributed by atoms with Crippen LogP contribution in [0.5, 0.6) is 0 Å². The fourth-order valence-corrected chi connectivity index (χ4v) is 2.82. The summed E-state index contributed by atoms with van der Waals surface area (Å²) in [6.45, 7) is 0.140. The Morgan fingerprint density at radius 1 is 1.31 bits per heavy atom. The Kier molecular flexibility index (Phi) is 5.50. The highest BCUT2D eigenvalue weighted by atomic mass is 16.7. The average molecular weight is 369 g/mol. The molecule has 3 heterocycles. The molecule has 2 aromatic heterocycles. The summed E-state index contributed by atoms with van der Waals surface area (Å²) in [6.07, 6.45) is -1.95. The van der Waals surface area contributed by atoms with E-state index in [9.17, 15) is 10.2 Å². The SMILES string of the molecule is CN(C)OCCO[C@H]1C(O)[C@@H](CO)O[C@H]1n1cnc2c(N)nc(N)nc21. The topological polar surface area (TPSA) is 167 Å². The maximum atomic E-state index is 10.4. The lowest BCUT2D eigenvalue weighted by Crippen LogP contribution is -2.36. The van der Waals surface area contributed by atoms with Crippen molar-refractivity contribution in [2.24, 2.45) is 0 Å². The van der Waals surface area contributed by atoms with Crippen molar-refractivity contribution >= 4 is 22.9 Å². The molecule has 0 saturated carbocycles. The summed E-state index contributed by atoms with van der Waals surface area (Å²) in [5.41, 5.74) is 12.2. The normalized spacial score (nSPS) is 26.2. The zero-order valence-electron chi connectivity index (χ0n) is 14.5. The van der Waals surface area contributed by atoms with Crippen LogP contribution < -0.4 is 11.5 Å². The van der Waals surface area contributed by atoms with Gasteiger partial charge in [0, 0.05) is 14.1 Å². The third-order valence-corrected chi connectivity index (χ3v) is 3.98. The first kappa shape index (κ1) is 18.7. The van der Waals surface area contributed by atoms with Gasteiger partial charge in [-0.1, -0.05) is 0 Å². The molecule has 1 unspecified atom stereocenters. The van der Waals surface area contributed by atoms with Gasteiger partial charge in [-0.15, -0.1) is 0 Å². The van der Waals surface area contributed by atoms with E-state index in [1.165, 1.54) is 6.33 Å². The number of hydrogen-bond acceptors (Lipinski definition) is 11. The van der Waals surface area contributed by atoms with Crippen LogP contribution in [0.15, 0.2) is 6.33 Å². The van der Waals surface area contributed by atoms with Crippen molar-refractivity contribution in [2.75, 3.05) is 45.4 Å². The van der Waals surface area contributed by atoms with Crippen LogP contribution in [-0.2, 0) is 14.3 Å². The second kappa shape index (κ2) is 7.65. The number of hydrogen-bond donors (Lipinski definition) is 4. The van der Waals surface area contributed by atoms with Crippen molar-refractivity contribution in [1.29, 1.82) is 0 Å². The van der Waals surface area contributed by atoms with Crippen LogP contribution in [0.1, 0.15) is 6.23 Å². The molecule has 1 aliphatic rings. The Morgan fingerprint density at radius 3 is 2.77 bits per heavy atom. The first-order valence-electron chi connectivity index (χ1n) is 8.04. The predicted octanol–water partition coefficient (Wildman–Crippen LogP) is -1.88. The Morgan fingerprint density at radius 2 is 2.08 bits per heavy atom. The van der Waals surface area contributed by atoms with Crippen LogP contribution in [0.25, 0.3) is 11.2 Å². The number of fused-ring (bicyclic) bond motifs is 1. The Bertz CT molecular complexity index is 755. The van der Waals surface area contributed by atoms with Crippen molar-refractivity contribution in [3.05, 3.63) is 6.33 Å². The van der Waals surface area contributed by atoms with Gasteiger partial charge in [0.05, 0.1) is 26.1 Å². The van der Waals surface area contributed by atoms with Crippen molar-refractivity contribution in [3.63, 3.8) is 0 Å². The van der Waals surface area contributed by atoms with Gasteiger partial charge in [0.2, 0.25) is 5.95 Å². The molecule has 144 valence electrons. The molecule has 0 bridgehead atoms. The van der Waals surface area contributed by atoms with Gasteiger partial charge in [0.15, 0.2) is 17.7 Å². The van der Waals surface area contributed by atoms with E-state index in [2.05, 4.69) is 15.0 Å². The monoisotopic (exact) mass is 369 g/mol. The molecule has 12 heteroatoms. The zero-order valence-corrected chi connectivity index (χ0v) is 14.5. The minimum Gasteiger partial charge on any atom is -0.394 e. The van der Waals surface area contributed by atoms with Crippen LogP contribution >= 0.6 is 0 Å². The standard InChI is InChI=1S/C14H23N7O5/c1-20(2)25-4-3-24-10-9(23)7(5-22)26-13(10)21-6-17-8-11(15)18-14(16)19-12(8)21/h6-7,9-10,13,22-23H,3-5H2,1-2H3,(H4,15,16,18,19)/t7-,9?,10+,13-/m1/s1. The van der Waals surface area contributed by atoms with Crippen molar-refractivity contribution < 1.29 is 24.5 Å². The van der Waals surface area contributed by atoms with Crippen LogP contribution in [-0.4, -0.2) is 87.0 Å². The minimum atomic E-state index is -1.04. The minimum absolute atomic E-state index is 0.00847. The molecule has 12 nitrogen and oxygen atoms in total. The molecule has 3 rings (SSSR count). The average Bonchev–Trinajstić information content (AvgIpc) is 3.12. The highest BCUT2D eigenvalue weighted by molar-refractivity contribution is 5.82. The van der Waals surface area contributed by atoms with Crippen LogP contribution in [0.3, 0.4) is 0 Å². The van der Waals surface area contributed by atoms with E-state index in [4.69, 9.17) is 25.8 Å². The van der Waals surface area contributed by atoms with E-state index >= 15 is 0 Å². The number of aliphatic hydroxyl groups is 2. The molecule has 0 radical (unpaired) electrons. The van der Waals surface area contributed by atoms with Crippen LogP contribution in [0.4, 0.5) is 11.8 Å². The van der Waals surface area contributed by atoms with Gasteiger partial charge < -0.3 is 31.2 Å². The lowest BCUT2D eigenvalue weighted by atomic mass is 10.1. The molecule has 1 saturated heterocycles. The first-order chi connectivity index (χ1) is 12.4. The van der Waals surface area contributed by atoms with Gasteiger partial charge >= 0.3 is 0 Å². The molecule has 0 aromatic carbocycles. The van der Waals surface area contributed by atoms with Gasteiger partial charge in [-0.05, 0) is 0 Å². The van der Waals surface area contributed by atoms with E-state index in [1.807, 2.05) is 0 Å². The summed E-state index contributed by atoms with van der Waals surface area (Å²) in [5.74, 6) is 0.131. The number of aliphatic hydroxyl groups excluding tert-OH is 2. The van der Waals surface area contributed by atoms with E-state index in [0.717, 1.165) is 0 Å². The number of anilines is 2. The first-order valence-corrected chi connectivity index (χ1v) is 8.04. The van der Waals surface area contributed by atoms with Crippen molar-refractivity contribution in [3.8, 4) is 0 Å². The second-order valence-electron chi connectivity index (χ2n) is 6.01. The van der Waals surface area contributed by atoms with Gasteiger partial charge in [0.25, 0.3) is 0 Å². The molecule has 6 N–H and O–H groups in total. The number of aromatic nitrogens is 4. The molecule has 2 aromatic rings. The Hall–Kier alpha value is -2.09. The van der Waals surface area contributed by atoms with E-state index in [0.29, 0.717) is 17.8 Å². The van der Waals surface area contributed by atoms with E-state index in [1.54, 1.807) is 23.7 Å². The molecule has 1 aliphatic heterocycles. The number of nitrogens with two attached hydrogens (primary N) is 2. The van der Waals surface area contributed by atoms with Gasteiger partial charge in [0.1, 0.15) is 23.8 Å². The lowest BCUT2D eigenvalue weighted by Gasteiger charge is -2.22. The molecular formula is C14H23N7O5. The number of rotatable bonds is 7. The third-order valence-electron chi connectivity index (χ3n) is 3.98. The smallest absolute Gasteiger partial charge is 0.224 e. The number of nitrogens with zero attached hydrogens (tertiary/aromatic N) is 5. The molecule has 0 aliphatic carbocycles. The molecular weight excluding hydrogens is 346 g/mol. The summed E-state index contributed by atoms with van der Waals surface area (Å²) in [7, 11) is 3.51. The molecule has 4 atom stereocenters.